The molecule has 2 N–H and O–H groups in total. The number of amides is 1. The Kier molecular flexibility index (Phi) is 5.05. The average Bonchev–Trinajstić information content (AvgIpc) is 2.61. The molecule has 88 valence electrons. The first kappa shape index (κ1) is 12.5. The van der Waals surface area contributed by atoms with Gasteiger partial charge in [0.15, 0.2) is 0 Å². The Labute approximate surface area is 91.8 Å². The Morgan fingerprint density at radius 3 is 2.87 bits per heavy atom. The van der Waals surface area contributed by atoms with E-state index in [1.165, 1.54) is 0 Å². The minimum Gasteiger partial charge on any atom is -0.377 e. The molecule has 0 saturated carbocycles. The van der Waals surface area contributed by atoms with E-state index < -0.39 is 0 Å². The third kappa shape index (κ3) is 3.80. The molecule has 1 fully saturated rings. The fourth-order valence-corrected chi connectivity index (χ4v) is 1.88. The molecule has 0 spiro atoms. The summed E-state index contributed by atoms with van der Waals surface area (Å²) in [7, 11) is 0. The Hall–Kier alpha value is -0.610. The Morgan fingerprint density at radius 1 is 1.60 bits per heavy atom. The molecule has 1 saturated heterocycles. The molecular formula is C11H22N2O2. The zero-order valence-corrected chi connectivity index (χ0v) is 9.88. The fourth-order valence-electron chi connectivity index (χ4n) is 1.88. The number of carbonyl (C=O) groups is 1. The second kappa shape index (κ2) is 6.08. The van der Waals surface area contributed by atoms with E-state index in [-0.39, 0.29) is 17.9 Å². The van der Waals surface area contributed by atoms with Gasteiger partial charge in [0, 0.05) is 19.7 Å². The van der Waals surface area contributed by atoms with Crippen molar-refractivity contribution in [2.75, 3.05) is 26.2 Å². The van der Waals surface area contributed by atoms with Crippen molar-refractivity contribution >= 4 is 5.91 Å². The van der Waals surface area contributed by atoms with E-state index in [0.717, 1.165) is 13.1 Å². The number of nitrogens with one attached hydrogen (secondary N) is 2. The molecular weight excluding hydrogens is 192 g/mol. The van der Waals surface area contributed by atoms with Crippen molar-refractivity contribution in [3.8, 4) is 0 Å². The second-order valence-electron chi connectivity index (χ2n) is 4.25. The molecule has 0 bridgehead atoms. The van der Waals surface area contributed by atoms with E-state index in [0.29, 0.717) is 19.1 Å². The summed E-state index contributed by atoms with van der Waals surface area (Å²) in [4.78, 5) is 11.8. The van der Waals surface area contributed by atoms with Gasteiger partial charge in [-0.15, -0.1) is 0 Å². The number of rotatable bonds is 5. The maximum atomic E-state index is 11.8. The molecule has 3 unspecified atom stereocenters. The van der Waals surface area contributed by atoms with Crippen molar-refractivity contribution < 1.29 is 9.53 Å². The van der Waals surface area contributed by atoms with Crippen LogP contribution in [0.1, 0.15) is 20.8 Å². The van der Waals surface area contributed by atoms with E-state index >= 15 is 0 Å². The molecule has 0 aliphatic carbocycles. The number of hydrogen-bond donors (Lipinski definition) is 2. The summed E-state index contributed by atoms with van der Waals surface area (Å²) in [5, 5.41) is 6.16. The van der Waals surface area contributed by atoms with E-state index in [4.69, 9.17) is 4.74 Å². The number of hydrogen-bond acceptors (Lipinski definition) is 3. The van der Waals surface area contributed by atoms with Gasteiger partial charge in [-0.2, -0.15) is 0 Å². The first-order chi connectivity index (χ1) is 7.15. The van der Waals surface area contributed by atoms with Crippen LogP contribution >= 0.6 is 0 Å². The summed E-state index contributed by atoms with van der Waals surface area (Å²) >= 11 is 0. The molecule has 4 nitrogen and oxygen atoms in total. The van der Waals surface area contributed by atoms with Crippen molar-refractivity contribution in [2.45, 2.75) is 26.9 Å². The van der Waals surface area contributed by atoms with Gasteiger partial charge < -0.3 is 15.4 Å². The highest BCUT2D eigenvalue weighted by Crippen LogP contribution is 2.15. The summed E-state index contributed by atoms with van der Waals surface area (Å²) in [6.45, 7) is 9.08. The maximum Gasteiger partial charge on any atom is 0.224 e. The molecule has 3 atom stereocenters. The highest BCUT2D eigenvalue weighted by atomic mass is 16.5. The molecule has 1 heterocycles. The third-order valence-corrected chi connectivity index (χ3v) is 2.87. The highest BCUT2D eigenvalue weighted by Gasteiger charge is 2.29. The van der Waals surface area contributed by atoms with Gasteiger partial charge in [-0.05, 0) is 26.3 Å². The lowest BCUT2D eigenvalue weighted by Crippen LogP contribution is -2.38. The summed E-state index contributed by atoms with van der Waals surface area (Å²) in [6.07, 6.45) is 0.101. The smallest absolute Gasteiger partial charge is 0.224 e. The van der Waals surface area contributed by atoms with Gasteiger partial charge in [0.2, 0.25) is 5.91 Å². The van der Waals surface area contributed by atoms with Crippen LogP contribution in [-0.4, -0.2) is 38.3 Å². The van der Waals surface area contributed by atoms with E-state index in [1.54, 1.807) is 0 Å². The van der Waals surface area contributed by atoms with Gasteiger partial charge in [0.05, 0.1) is 12.0 Å². The third-order valence-electron chi connectivity index (χ3n) is 2.87. The Bertz CT molecular complexity index is 209. The molecule has 1 rings (SSSR count). The second-order valence-corrected chi connectivity index (χ2v) is 4.25. The standard InChI is InChI=1S/C11H22N2O2/c1-4-15-9(3)6-13-11(14)10-7-12-5-8(10)2/h8-10,12H,4-7H2,1-3H3,(H,13,14). The largest absolute Gasteiger partial charge is 0.377 e. The van der Waals surface area contributed by atoms with E-state index in [9.17, 15) is 4.79 Å². The number of carbonyl (C=O) groups excluding carboxylic acids is 1. The van der Waals surface area contributed by atoms with Gasteiger partial charge in [-0.1, -0.05) is 6.92 Å². The average molecular weight is 214 g/mol. The molecule has 0 aromatic rings. The normalized spacial score (nSPS) is 27.7. The molecule has 0 aromatic carbocycles. The van der Waals surface area contributed by atoms with Gasteiger partial charge in [0.1, 0.15) is 0 Å². The SMILES string of the molecule is CCOC(C)CNC(=O)C1CNCC1C. The zero-order valence-electron chi connectivity index (χ0n) is 9.88. The summed E-state index contributed by atoms with van der Waals surface area (Å²) in [5.74, 6) is 0.713. The van der Waals surface area contributed by atoms with Crippen molar-refractivity contribution in [3.05, 3.63) is 0 Å². The summed E-state index contributed by atoms with van der Waals surface area (Å²) < 4.78 is 5.35. The van der Waals surface area contributed by atoms with Crippen LogP contribution in [0.2, 0.25) is 0 Å². The first-order valence-electron chi connectivity index (χ1n) is 5.75. The monoisotopic (exact) mass is 214 g/mol. The first-order valence-corrected chi connectivity index (χ1v) is 5.75. The van der Waals surface area contributed by atoms with Gasteiger partial charge in [-0.3, -0.25) is 4.79 Å². The van der Waals surface area contributed by atoms with Crippen molar-refractivity contribution in [1.29, 1.82) is 0 Å². The topological polar surface area (TPSA) is 50.4 Å². The predicted molar refractivity (Wildman–Crippen MR) is 59.6 cm³/mol. The summed E-state index contributed by atoms with van der Waals surface area (Å²) in [5.41, 5.74) is 0. The van der Waals surface area contributed by atoms with Gasteiger partial charge >= 0.3 is 0 Å². The number of ether oxygens (including phenoxy) is 1. The molecule has 1 aliphatic rings. The van der Waals surface area contributed by atoms with Gasteiger partial charge in [0.25, 0.3) is 0 Å². The minimum absolute atomic E-state index is 0.101. The van der Waals surface area contributed by atoms with Crippen LogP contribution in [0.3, 0.4) is 0 Å². The van der Waals surface area contributed by atoms with Crippen LogP contribution in [0, 0.1) is 11.8 Å². The molecule has 0 radical (unpaired) electrons. The summed E-state index contributed by atoms with van der Waals surface area (Å²) in [6, 6.07) is 0. The lowest BCUT2D eigenvalue weighted by molar-refractivity contribution is -0.126. The zero-order chi connectivity index (χ0) is 11.3. The predicted octanol–water partition coefficient (Wildman–Crippen LogP) is 0.383. The fraction of sp³-hybridized carbons (Fsp3) is 0.909. The van der Waals surface area contributed by atoms with Crippen LogP contribution in [0.15, 0.2) is 0 Å². The van der Waals surface area contributed by atoms with Gasteiger partial charge in [-0.25, -0.2) is 0 Å². The molecule has 1 aliphatic heterocycles. The van der Waals surface area contributed by atoms with Crippen LogP contribution in [-0.2, 0) is 9.53 Å². The molecule has 0 aromatic heterocycles. The van der Waals surface area contributed by atoms with Crippen LogP contribution in [0.25, 0.3) is 0 Å². The van der Waals surface area contributed by atoms with Crippen LogP contribution in [0.5, 0.6) is 0 Å². The quantitative estimate of drug-likeness (QED) is 0.696. The maximum absolute atomic E-state index is 11.8. The minimum atomic E-state index is 0.101. The Balaban J connectivity index is 2.23. The molecule has 4 heteroatoms. The molecule has 1 amide bonds. The lowest BCUT2D eigenvalue weighted by Gasteiger charge is -2.17. The van der Waals surface area contributed by atoms with Crippen LogP contribution in [0.4, 0.5) is 0 Å². The van der Waals surface area contributed by atoms with E-state index in [1.807, 2.05) is 13.8 Å². The van der Waals surface area contributed by atoms with Crippen molar-refractivity contribution in [3.63, 3.8) is 0 Å². The van der Waals surface area contributed by atoms with Crippen molar-refractivity contribution in [2.24, 2.45) is 11.8 Å². The lowest BCUT2D eigenvalue weighted by atomic mass is 9.97. The van der Waals surface area contributed by atoms with Crippen molar-refractivity contribution in [1.82, 2.24) is 10.6 Å². The van der Waals surface area contributed by atoms with E-state index in [2.05, 4.69) is 17.6 Å². The van der Waals surface area contributed by atoms with Crippen LogP contribution < -0.4 is 10.6 Å². The highest BCUT2D eigenvalue weighted by molar-refractivity contribution is 5.79. The molecule has 15 heavy (non-hydrogen) atoms. The Morgan fingerprint density at radius 2 is 2.33 bits per heavy atom.